The van der Waals surface area contributed by atoms with E-state index in [1.54, 1.807) is 0 Å². The minimum atomic E-state index is -4.48. The Labute approximate surface area is 123 Å². The van der Waals surface area contributed by atoms with Crippen molar-refractivity contribution in [1.82, 2.24) is 9.97 Å². The van der Waals surface area contributed by atoms with Crippen LogP contribution in [0.5, 0.6) is 0 Å². The van der Waals surface area contributed by atoms with Crippen molar-refractivity contribution >= 4 is 11.8 Å². The molecule has 1 atom stereocenters. The molecule has 0 amide bonds. The Morgan fingerprint density at radius 2 is 1.86 bits per heavy atom. The lowest BCUT2D eigenvalue weighted by atomic mass is 10.1. The maximum absolute atomic E-state index is 12.8. The summed E-state index contributed by atoms with van der Waals surface area (Å²) in [4.78, 5) is 7.51. The van der Waals surface area contributed by atoms with E-state index in [9.17, 15) is 13.2 Å². The summed E-state index contributed by atoms with van der Waals surface area (Å²) in [7, 11) is 1.50. The molecule has 0 saturated carbocycles. The number of rotatable bonds is 8. The van der Waals surface area contributed by atoms with Crippen LogP contribution in [-0.2, 0) is 6.18 Å². The van der Waals surface area contributed by atoms with Gasteiger partial charge in [0, 0.05) is 19.2 Å². The Morgan fingerprint density at radius 3 is 2.38 bits per heavy atom. The van der Waals surface area contributed by atoms with Crippen molar-refractivity contribution in [2.75, 3.05) is 17.7 Å². The number of hydrogen-bond acceptors (Lipinski definition) is 4. The number of nitrogens with zero attached hydrogens (tertiary/aromatic N) is 2. The van der Waals surface area contributed by atoms with Crippen LogP contribution in [0.4, 0.5) is 24.9 Å². The summed E-state index contributed by atoms with van der Waals surface area (Å²) in [5.41, 5.74) is -0.935. The van der Waals surface area contributed by atoms with Gasteiger partial charge in [0.1, 0.15) is 5.82 Å². The van der Waals surface area contributed by atoms with E-state index in [4.69, 9.17) is 0 Å². The molecule has 0 spiro atoms. The van der Waals surface area contributed by atoms with Crippen molar-refractivity contribution < 1.29 is 13.2 Å². The van der Waals surface area contributed by atoms with Gasteiger partial charge in [-0.15, -0.1) is 0 Å². The molecule has 0 radical (unpaired) electrons. The predicted octanol–water partition coefficient (Wildman–Crippen LogP) is 4.31. The predicted molar refractivity (Wildman–Crippen MR) is 78.4 cm³/mol. The standard InChI is InChI=1S/C14H23F3N4/c1-4-6-8-10(7-5-2)19-12-9-11(14(15,16)17)20-13(18-3)21-12/h9-10H,4-8H2,1-3H3,(H2,18,19,20,21). The SMILES string of the molecule is CCCCC(CCC)Nc1cc(C(F)(F)F)nc(NC)n1. The van der Waals surface area contributed by atoms with E-state index >= 15 is 0 Å². The normalized spacial score (nSPS) is 13.0. The maximum atomic E-state index is 12.8. The number of anilines is 2. The molecule has 1 rings (SSSR count). The highest BCUT2D eigenvalue weighted by molar-refractivity contribution is 5.43. The van der Waals surface area contributed by atoms with Gasteiger partial charge in [0.05, 0.1) is 0 Å². The first kappa shape index (κ1) is 17.5. The number of hydrogen-bond donors (Lipinski definition) is 2. The monoisotopic (exact) mass is 304 g/mol. The Kier molecular flexibility index (Phi) is 6.71. The van der Waals surface area contributed by atoms with Gasteiger partial charge in [-0.05, 0) is 12.8 Å². The fourth-order valence-corrected chi connectivity index (χ4v) is 2.07. The number of nitrogens with one attached hydrogen (secondary N) is 2. The highest BCUT2D eigenvalue weighted by Gasteiger charge is 2.33. The minimum absolute atomic E-state index is 0.0296. The molecule has 0 bridgehead atoms. The van der Waals surface area contributed by atoms with E-state index in [1.807, 2.05) is 0 Å². The van der Waals surface area contributed by atoms with Crippen molar-refractivity contribution in [2.45, 2.75) is 58.2 Å². The summed E-state index contributed by atoms with van der Waals surface area (Å²) in [6, 6.07) is 1.10. The van der Waals surface area contributed by atoms with Gasteiger partial charge in [-0.1, -0.05) is 33.1 Å². The molecule has 4 nitrogen and oxygen atoms in total. The lowest BCUT2D eigenvalue weighted by Crippen LogP contribution is -2.21. The van der Waals surface area contributed by atoms with E-state index in [0.717, 1.165) is 38.2 Å². The van der Waals surface area contributed by atoms with Crippen LogP contribution in [0.1, 0.15) is 51.6 Å². The highest BCUT2D eigenvalue weighted by atomic mass is 19.4. The summed E-state index contributed by atoms with van der Waals surface area (Å²) in [5.74, 6) is 0.189. The number of alkyl halides is 3. The second-order valence-corrected chi connectivity index (χ2v) is 4.98. The molecule has 2 N–H and O–H groups in total. The molecule has 1 aromatic heterocycles. The fraction of sp³-hybridized carbons (Fsp3) is 0.714. The fourth-order valence-electron chi connectivity index (χ4n) is 2.07. The first-order valence-electron chi connectivity index (χ1n) is 7.31. The van der Waals surface area contributed by atoms with Crippen molar-refractivity contribution in [3.05, 3.63) is 11.8 Å². The Hall–Kier alpha value is -1.53. The molecule has 120 valence electrons. The van der Waals surface area contributed by atoms with Crippen molar-refractivity contribution in [2.24, 2.45) is 0 Å². The van der Waals surface area contributed by atoms with E-state index in [-0.39, 0.29) is 17.8 Å². The molecule has 0 aliphatic carbocycles. The molecule has 0 aliphatic rings. The van der Waals surface area contributed by atoms with Crippen molar-refractivity contribution in [3.8, 4) is 0 Å². The molecule has 1 aromatic rings. The molecule has 0 fully saturated rings. The third kappa shape index (κ3) is 5.77. The number of halogens is 3. The van der Waals surface area contributed by atoms with Crippen LogP contribution in [0.3, 0.4) is 0 Å². The largest absolute Gasteiger partial charge is 0.433 e. The van der Waals surface area contributed by atoms with Gasteiger partial charge in [-0.3, -0.25) is 0 Å². The number of unbranched alkanes of at least 4 members (excludes halogenated alkanes) is 1. The van der Waals surface area contributed by atoms with Gasteiger partial charge in [0.2, 0.25) is 5.95 Å². The van der Waals surface area contributed by atoms with E-state index in [0.29, 0.717) is 0 Å². The van der Waals surface area contributed by atoms with Crippen LogP contribution in [0.25, 0.3) is 0 Å². The van der Waals surface area contributed by atoms with E-state index < -0.39 is 11.9 Å². The van der Waals surface area contributed by atoms with E-state index in [2.05, 4.69) is 34.4 Å². The first-order chi connectivity index (χ1) is 9.90. The summed E-state index contributed by atoms with van der Waals surface area (Å²) >= 11 is 0. The second kappa shape index (κ2) is 8.05. The lowest BCUT2D eigenvalue weighted by molar-refractivity contribution is -0.141. The molecule has 1 unspecified atom stereocenters. The average Bonchev–Trinajstić information content (AvgIpc) is 2.43. The van der Waals surface area contributed by atoms with E-state index in [1.165, 1.54) is 7.05 Å². The molecule has 21 heavy (non-hydrogen) atoms. The van der Waals surface area contributed by atoms with Crippen LogP contribution in [0, 0.1) is 0 Å². The van der Waals surface area contributed by atoms with Crippen molar-refractivity contribution in [3.63, 3.8) is 0 Å². The molecular formula is C14H23F3N4. The smallest absolute Gasteiger partial charge is 0.367 e. The lowest BCUT2D eigenvalue weighted by Gasteiger charge is -2.19. The molecule has 0 saturated heterocycles. The van der Waals surface area contributed by atoms with Gasteiger partial charge in [-0.25, -0.2) is 4.98 Å². The summed E-state index contributed by atoms with van der Waals surface area (Å²) in [6.07, 6.45) is 0.409. The summed E-state index contributed by atoms with van der Waals surface area (Å²) in [6.45, 7) is 4.15. The average molecular weight is 304 g/mol. The molecule has 0 aliphatic heterocycles. The summed E-state index contributed by atoms with van der Waals surface area (Å²) in [5, 5.41) is 5.68. The molecule has 0 aromatic carbocycles. The van der Waals surface area contributed by atoms with Crippen LogP contribution in [0.15, 0.2) is 6.07 Å². The quantitative estimate of drug-likeness (QED) is 0.751. The molecule has 1 heterocycles. The minimum Gasteiger partial charge on any atom is -0.367 e. The Morgan fingerprint density at radius 1 is 1.14 bits per heavy atom. The molecule has 7 heteroatoms. The zero-order valence-electron chi connectivity index (χ0n) is 12.7. The van der Waals surface area contributed by atoms with Gasteiger partial charge in [-0.2, -0.15) is 18.2 Å². The van der Waals surface area contributed by atoms with Crippen molar-refractivity contribution in [1.29, 1.82) is 0 Å². The first-order valence-corrected chi connectivity index (χ1v) is 7.31. The van der Waals surface area contributed by atoms with Crippen LogP contribution < -0.4 is 10.6 Å². The van der Waals surface area contributed by atoms with Gasteiger partial charge >= 0.3 is 6.18 Å². The second-order valence-electron chi connectivity index (χ2n) is 4.98. The maximum Gasteiger partial charge on any atom is 0.433 e. The summed E-state index contributed by atoms with van der Waals surface area (Å²) < 4.78 is 38.5. The van der Waals surface area contributed by atoms with Gasteiger partial charge in [0.25, 0.3) is 0 Å². The third-order valence-electron chi connectivity index (χ3n) is 3.14. The highest BCUT2D eigenvalue weighted by Crippen LogP contribution is 2.30. The third-order valence-corrected chi connectivity index (χ3v) is 3.14. The molecular weight excluding hydrogens is 281 g/mol. The van der Waals surface area contributed by atoms with Crippen LogP contribution in [0.2, 0.25) is 0 Å². The topological polar surface area (TPSA) is 49.8 Å². The zero-order valence-corrected chi connectivity index (χ0v) is 12.7. The van der Waals surface area contributed by atoms with Crippen LogP contribution >= 0.6 is 0 Å². The number of aromatic nitrogens is 2. The van der Waals surface area contributed by atoms with Crippen LogP contribution in [-0.4, -0.2) is 23.1 Å². The Bertz CT molecular complexity index is 435. The van der Waals surface area contributed by atoms with Gasteiger partial charge in [0.15, 0.2) is 5.69 Å². The zero-order chi connectivity index (χ0) is 15.9. The Balaban J connectivity index is 2.94. The van der Waals surface area contributed by atoms with Gasteiger partial charge < -0.3 is 10.6 Å².